The fraction of sp³-hybridized carbons (Fsp3) is 0.562. The number of rotatable bonds is 7. The van der Waals surface area contributed by atoms with Gasteiger partial charge in [-0.05, 0) is 29.9 Å². The highest BCUT2D eigenvalue weighted by atomic mass is 16.3. The summed E-state index contributed by atoms with van der Waals surface area (Å²) in [5.41, 5.74) is 2.17. The highest BCUT2D eigenvalue weighted by Crippen LogP contribution is 2.21. The lowest BCUT2D eigenvalue weighted by Gasteiger charge is -2.25. The van der Waals surface area contributed by atoms with Gasteiger partial charge in [-0.3, -0.25) is 0 Å². The van der Waals surface area contributed by atoms with Crippen LogP contribution in [0.25, 0.3) is 0 Å². The van der Waals surface area contributed by atoms with E-state index >= 15 is 0 Å². The lowest BCUT2D eigenvalue weighted by atomic mass is 9.88. The van der Waals surface area contributed by atoms with Crippen molar-refractivity contribution >= 4 is 0 Å². The Hall–Kier alpha value is -1.37. The Kier molecular flexibility index (Phi) is 6.01. The molecule has 0 amide bonds. The van der Waals surface area contributed by atoms with Crippen molar-refractivity contribution in [2.24, 2.45) is 5.41 Å². The first-order chi connectivity index (χ1) is 8.96. The summed E-state index contributed by atoms with van der Waals surface area (Å²) >= 11 is 0. The number of hydrogen-bond donors (Lipinski definition) is 2. The molecule has 0 aromatic heterocycles. The lowest BCUT2D eigenvalue weighted by Crippen LogP contribution is -2.32. The Balaban J connectivity index is 2.41. The number of nitrogens with zero attached hydrogens (tertiary/aromatic N) is 1. The Morgan fingerprint density at radius 1 is 1.37 bits per heavy atom. The van der Waals surface area contributed by atoms with E-state index in [0.717, 1.165) is 24.1 Å². The molecule has 0 aliphatic heterocycles. The number of aryl methyl sites for hydroxylation is 1. The van der Waals surface area contributed by atoms with E-state index in [4.69, 9.17) is 5.26 Å². The zero-order valence-corrected chi connectivity index (χ0v) is 12.1. The van der Waals surface area contributed by atoms with Gasteiger partial charge in [-0.2, -0.15) is 5.26 Å². The van der Waals surface area contributed by atoms with Crippen LogP contribution in [0.1, 0.15) is 43.9 Å². The summed E-state index contributed by atoms with van der Waals surface area (Å²) < 4.78 is 0. The van der Waals surface area contributed by atoms with Crippen LogP contribution in [0.2, 0.25) is 0 Å². The Morgan fingerprint density at radius 2 is 2.05 bits per heavy atom. The van der Waals surface area contributed by atoms with Crippen LogP contribution in [-0.2, 0) is 0 Å². The summed E-state index contributed by atoms with van der Waals surface area (Å²) in [6.07, 6.45) is 0.972. The molecule has 1 atom stereocenters. The van der Waals surface area contributed by atoms with E-state index < -0.39 is 6.10 Å². The molecule has 3 nitrogen and oxygen atoms in total. The fourth-order valence-corrected chi connectivity index (χ4v) is 2.10. The van der Waals surface area contributed by atoms with E-state index in [0.29, 0.717) is 13.0 Å². The van der Waals surface area contributed by atoms with Gasteiger partial charge in [-0.25, -0.2) is 0 Å². The molecule has 0 fully saturated rings. The quantitative estimate of drug-likeness (QED) is 0.792. The molecule has 104 valence electrons. The van der Waals surface area contributed by atoms with Crippen LogP contribution in [0.4, 0.5) is 0 Å². The van der Waals surface area contributed by atoms with E-state index in [2.05, 4.69) is 25.2 Å². The van der Waals surface area contributed by atoms with Crippen LogP contribution in [0.15, 0.2) is 24.3 Å². The number of hydrogen-bond acceptors (Lipinski definition) is 3. The van der Waals surface area contributed by atoms with Gasteiger partial charge in [0.25, 0.3) is 0 Å². The second kappa shape index (κ2) is 7.28. The molecule has 19 heavy (non-hydrogen) atoms. The van der Waals surface area contributed by atoms with Gasteiger partial charge in [-0.1, -0.05) is 38.1 Å². The van der Waals surface area contributed by atoms with Gasteiger partial charge in [0, 0.05) is 19.5 Å². The van der Waals surface area contributed by atoms with Crippen LogP contribution in [0, 0.1) is 23.7 Å². The molecule has 0 bridgehead atoms. The van der Waals surface area contributed by atoms with Gasteiger partial charge in [-0.15, -0.1) is 0 Å². The van der Waals surface area contributed by atoms with Crippen molar-refractivity contribution in [2.45, 2.75) is 39.7 Å². The average molecular weight is 260 g/mol. The number of nitriles is 1. The molecular weight excluding hydrogens is 236 g/mol. The molecule has 0 saturated carbocycles. The van der Waals surface area contributed by atoms with Gasteiger partial charge < -0.3 is 10.4 Å². The number of aliphatic hydroxyl groups excluding tert-OH is 1. The molecule has 0 heterocycles. The topological polar surface area (TPSA) is 56.0 Å². The third-order valence-corrected chi connectivity index (χ3v) is 3.40. The van der Waals surface area contributed by atoms with E-state index in [1.54, 1.807) is 0 Å². The van der Waals surface area contributed by atoms with Crippen molar-refractivity contribution in [2.75, 3.05) is 13.1 Å². The van der Waals surface area contributed by atoms with Crippen molar-refractivity contribution in [1.29, 1.82) is 5.26 Å². The molecule has 0 radical (unpaired) electrons. The zero-order chi connectivity index (χ0) is 14.3. The summed E-state index contributed by atoms with van der Waals surface area (Å²) in [5, 5.41) is 22.1. The predicted octanol–water partition coefficient (Wildman–Crippen LogP) is 2.95. The molecule has 1 unspecified atom stereocenters. The van der Waals surface area contributed by atoms with Crippen LogP contribution in [-0.4, -0.2) is 18.2 Å². The second-order valence-electron chi connectivity index (χ2n) is 5.83. The van der Waals surface area contributed by atoms with Crippen LogP contribution >= 0.6 is 0 Å². The van der Waals surface area contributed by atoms with Crippen molar-refractivity contribution in [3.8, 4) is 6.07 Å². The number of benzene rings is 1. The van der Waals surface area contributed by atoms with Crippen molar-refractivity contribution < 1.29 is 5.11 Å². The average Bonchev–Trinajstić information content (AvgIpc) is 2.36. The summed E-state index contributed by atoms with van der Waals surface area (Å²) in [4.78, 5) is 0. The van der Waals surface area contributed by atoms with Crippen LogP contribution < -0.4 is 5.32 Å². The highest BCUT2D eigenvalue weighted by Gasteiger charge is 2.18. The van der Waals surface area contributed by atoms with Gasteiger partial charge in [0.05, 0.1) is 12.2 Å². The maximum Gasteiger partial charge on any atom is 0.0916 e. The Labute approximate surface area is 116 Å². The molecule has 0 spiro atoms. The molecule has 2 N–H and O–H groups in total. The molecule has 0 aliphatic carbocycles. The highest BCUT2D eigenvalue weighted by molar-refractivity contribution is 5.27. The zero-order valence-electron chi connectivity index (χ0n) is 12.1. The van der Waals surface area contributed by atoms with E-state index in [9.17, 15) is 5.11 Å². The van der Waals surface area contributed by atoms with Crippen molar-refractivity contribution in [1.82, 2.24) is 5.32 Å². The van der Waals surface area contributed by atoms with E-state index in [-0.39, 0.29) is 5.41 Å². The van der Waals surface area contributed by atoms with Crippen molar-refractivity contribution in [3.63, 3.8) is 0 Å². The standard InChI is InChI=1S/C16H24N2O/c1-13-7-4-5-8-14(13)15(19)11-18-12-16(2,3)9-6-10-17/h4-5,7-8,15,18-19H,6,9,11-12H2,1-3H3. The maximum atomic E-state index is 10.2. The molecular formula is C16H24N2O. The largest absolute Gasteiger partial charge is 0.387 e. The van der Waals surface area contributed by atoms with E-state index in [1.165, 1.54) is 0 Å². The lowest BCUT2D eigenvalue weighted by molar-refractivity contribution is 0.167. The van der Waals surface area contributed by atoms with E-state index in [1.807, 2.05) is 31.2 Å². The monoisotopic (exact) mass is 260 g/mol. The summed E-state index contributed by atoms with van der Waals surface area (Å²) in [6.45, 7) is 7.63. The first kappa shape index (κ1) is 15.7. The van der Waals surface area contributed by atoms with Crippen LogP contribution in [0.5, 0.6) is 0 Å². The second-order valence-corrected chi connectivity index (χ2v) is 5.83. The number of nitrogens with one attached hydrogen (secondary N) is 1. The Morgan fingerprint density at radius 3 is 2.68 bits per heavy atom. The molecule has 0 aliphatic rings. The van der Waals surface area contributed by atoms with Gasteiger partial charge in [0.2, 0.25) is 0 Å². The Bertz CT molecular complexity index is 435. The minimum absolute atomic E-state index is 0.0845. The van der Waals surface area contributed by atoms with Crippen LogP contribution in [0.3, 0.4) is 0 Å². The number of aliphatic hydroxyl groups is 1. The summed E-state index contributed by atoms with van der Waals surface area (Å²) in [5.74, 6) is 0. The molecule has 1 aromatic carbocycles. The maximum absolute atomic E-state index is 10.2. The van der Waals surface area contributed by atoms with Gasteiger partial charge in [0.1, 0.15) is 0 Å². The minimum atomic E-state index is -0.479. The molecule has 0 saturated heterocycles. The first-order valence-electron chi connectivity index (χ1n) is 6.77. The third-order valence-electron chi connectivity index (χ3n) is 3.40. The SMILES string of the molecule is Cc1ccccc1C(O)CNCC(C)(C)CCC#N. The van der Waals surface area contributed by atoms with Gasteiger partial charge >= 0.3 is 0 Å². The predicted molar refractivity (Wildman–Crippen MR) is 77.6 cm³/mol. The molecule has 1 aromatic rings. The smallest absolute Gasteiger partial charge is 0.0916 e. The molecule has 3 heteroatoms. The van der Waals surface area contributed by atoms with Gasteiger partial charge in [0.15, 0.2) is 0 Å². The fourth-order valence-electron chi connectivity index (χ4n) is 2.10. The summed E-state index contributed by atoms with van der Waals surface area (Å²) in [6, 6.07) is 10.1. The third kappa shape index (κ3) is 5.42. The van der Waals surface area contributed by atoms with Crippen molar-refractivity contribution in [3.05, 3.63) is 35.4 Å². The normalized spacial score (nSPS) is 13.0. The summed E-state index contributed by atoms with van der Waals surface area (Å²) in [7, 11) is 0. The first-order valence-corrected chi connectivity index (χ1v) is 6.77. The minimum Gasteiger partial charge on any atom is -0.387 e. The molecule has 1 rings (SSSR count).